The highest BCUT2D eigenvalue weighted by molar-refractivity contribution is 7.80. The van der Waals surface area contributed by atoms with Gasteiger partial charge < -0.3 is 14.8 Å². The maximum atomic E-state index is 5.51. The normalized spacial score (nSPS) is 12.3. The van der Waals surface area contributed by atoms with Gasteiger partial charge in [0.1, 0.15) is 0 Å². The zero-order valence-corrected chi connectivity index (χ0v) is 16.0. The topological polar surface area (TPSA) is 30.5 Å². The molecule has 0 heterocycles. The van der Waals surface area contributed by atoms with Gasteiger partial charge >= 0.3 is 0 Å². The average Bonchev–Trinajstić information content (AvgIpc) is 2.28. The molecule has 0 spiro atoms. The van der Waals surface area contributed by atoms with E-state index in [1.807, 2.05) is 0 Å². The monoisotopic (exact) mass is 333 g/mol. The molecule has 0 aliphatic heterocycles. The maximum absolute atomic E-state index is 5.51. The summed E-state index contributed by atoms with van der Waals surface area (Å²) < 4.78 is 11.0. The van der Waals surface area contributed by atoms with E-state index in [1.54, 1.807) is 0 Å². The van der Waals surface area contributed by atoms with Gasteiger partial charge in [0, 0.05) is 16.8 Å². The highest BCUT2D eigenvalue weighted by atomic mass is 32.1. The van der Waals surface area contributed by atoms with Crippen molar-refractivity contribution < 1.29 is 9.47 Å². The lowest BCUT2D eigenvalue weighted by atomic mass is 9.91. The Kier molecular flexibility index (Phi) is 9.78. The Balaban J connectivity index is 3.46. The van der Waals surface area contributed by atoms with Crippen LogP contribution in [0.5, 0.6) is 0 Å². The summed E-state index contributed by atoms with van der Waals surface area (Å²) in [4.78, 5) is 1.84. The van der Waals surface area contributed by atoms with Crippen molar-refractivity contribution in [2.24, 2.45) is 10.8 Å². The summed E-state index contributed by atoms with van der Waals surface area (Å²) in [7, 11) is 0. The molecule has 0 bridgehead atoms. The Hall–Kier alpha value is -0.100. The van der Waals surface area contributed by atoms with Crippen LogP contribution in [0.4, 0.5) is 0 Å². The minimum atomic E-state index is 0.0151. The molecule has 0 radical (unpaired) electrons. The largest absolute Gasteiger partial charge is 0.377 e. The van der Waals surface area contributed by atoms with Crippen LogP contribution in [-0.4, -0.2) is 42.8 Å². The molecule has 0 saturated heterocycles. The van der Waals surface area contributed by atoms with Crippen molar-refractivity contribution in [3.05, 3.63) is 0 Å². The van der Waals surface area contributed by atoms with E-state index in [-0.39, 0.29) is 10.8 Å². The summed E-state index contributed by atoms with van der Waals surface area (Å²) in [5, 5.41) is 3.20. The minimum Gasteiger partial charge on any atom is -0.377 e. The lowest BCUT2D eigenvalue weighted by Crippen LogP contribution is -2.35. The Morgan fingerprint density at radius 1 is 0.905 bits per heavy atom. The molecular formula is C16H31NO2S2. The molecule has 21 heavy (non-hydrogen) atoms. The zero-order valence-electron chi connectivity index (χ0n) is 14.4. The Morgan fingerprint density at radius 3 is 2.00 bits per heavy atom. The van der Waals surface area contributed by atoms with E-state index >= 15 is 0 Å². The van der Waals surface area contributed by atoms with Crippen molar-refractivity contribution in [3.8, 4) is 0 Å². The first-order valence-corrected chi connectivity index (χ1v) is 8.29. The van der Waals surface area contributed by atoms with Crippen LogP contribution in [0.25, 0.3) is 0 Å². The van der Waals surface area contributed by atoms with Crippen LogP contribution >= 0.6 is 24.4 Å². The van der Waals surface area contributed by atoms with Crippen molar-refractivity contribution in [3.63, 3.8) is 0 Å². The fraction of sp³-hybridized carbons (Fsp3) is 0.875. The van der Waals surface area contributed by atoms with Gasteiger partial charge in [-0.15, -0.1) is 0 Å². The molecule has 0 rings (SSSR count). The van der Waals surface area contributed by atoms with Gasteiger partial charge in [-0.3, -0.25) is 0 Å². The average molecular weight is 334 g/mol. The van der Waals surface area contributed by atoms with Crippen molar-refractivity contribution in [2.45, 2.75) is 48.0 Å². The molecule has 0 saturated carbocycles. The van der Waals surface area contributed by atoms with Gasteiger partial charge in [0.05, 0.1) is 31.4 Å². The standard InChI is InChI=1S/C16H31NO2S2/c1-15(2,3)11-13(20)12-19-10-9-18-8-7-17-14(21)16(4,5)6/h7-12H2,1-6H3,(H,17,21). The summed E-state index contributed by atoms with van der Waals surface area (Å²) in [6.07, 6.45) is 0.914. The van der Waals surface area contributed by atoms with Crippen molar-refractivity contribution >= 4 is 34.3 Å². The van der Waals surface area contributed by atoms with Gasteiger partial charge in [0.2, 0.25) is 0 Å². The third-order valence-corrected chi connectivity index (χ3v) is 3.59. The van der Waals surface area contributed by atoms with Crippen LogP contribution in [0.15, 0.2) is 0 Å². The van der Waals surface area contributed by atoms with E-state index in [0.717, 1.165) is 22.8 Å². The maximum Gasteiger partial charge on any atom is 0.0808 e. The van der Waals surface area contributed by atoms with Crippen molar-refractivity contribution in [1.82, 2.24) is 5.32 Å². The van der Waals surface area contributed by atoms with Crippen LogP contribution < -0.4 is 5.32 Å². The van der Waals surface area contributed by atoms with Crippen molar-refractivity contribution in [1.29, 1.82) is 0 Å². The number of hydrogen-bond donors (Lipinski definition) is 1. The summed E-state index contributed by atoms with van der Waals surface area (Å²) in [6.45, 7) is 15.9. The van der Waals surface area contributed by atoms with E-state index in [2.05, 4.69) is 46.9 Å². The van der Waals surface area contributed by atoms with Gasteiger partial charge in [-0.2, -0.15) is 0 Å². The van der Waals surface area contributed by atoms with Gasteiger partial charge in [-0.05, 0) is 11.8 Å². The first-order chi connectivity index (χ1) is 9.52. The summed E-state index contributed by atoms with van der Waals surface area (Å²) in [6, 6.07) is 0. The van der Waals surface area contributed by atoms with Crippen molar-refractivity contribution in [2.75, 3.05) is 33.0 Å². The second-order valence-corrected chi connectivity index (χ2v) is 8.43. The van der Waals surface area contributed by atoms with Gasteiger partial charge in [0.15, 0.2) is 0 Å². The second-order valence-electron chi connectivity index (χ2n) is 7.45. The van der Waals surface area contributed by atoms with E-state index in [4.69, 9.17) is 33.9 Å². The number of ether oxygens (including phenoxy) is 2. The lowest BCUT2D eigenvalue weighted by Gasteiger charge is -2.21. The summed E-state index contributed by atoms with van der Waals surface area (Å²) in [5.41, 5.74) is 0.245. The first kappa shape index (κ1) is 20.9. The minimum absolute atomic E-state index is 0.0151. The molecule has 0 aromatic rings. The van der Waals surface area contributed by atoms with Crippen LogP contribution in [0.3, 0.4) is 0 Å². The molecule has 0 aromatic heterocycles. The fourth-order valence-corrected chi connectivity index (χ4v) is 2.17. The van der Waals surface area contributed by atoms with E-state index in [1.165, 1.54) is 0 Å². The predicted octanol–water partition coefficient (Wildman–Crippen LogP) is 3.79. The summed E-state index contributed by atoms with van der Waals surface area (Å²) in [5.74, 6) is 0. The number of hydrogen-bond acceptors (Lipinski definition) is 4. The quantitative estimate of drug-likeness (QED) is 0.512. The molecule has 5 heteroatoms. The molecule has 3 nitrogen and oxygen atoms in total. The van der Waals surface area contributed by atoms with Gasteiger partial charge in [-0.1, -0.05) is 66.0 Å². The zero-order chi connectivity index (χ0) is 16.5. The van der Waals surface area contributed by atoms with E-state index in [0.29, 0.717) is 26.4 Å². The molecule has 0 aromatic carbocycles. The molecule has 1 N–H and O–H groups in total. The van der Waals surface area contributed by atoms with E-state index in [9.17, 15) is 0 Å². The molecule has 0 amide bonds. The van der Waals surface area contributed by atoms with Gasteiger partial charge in [-0.25, -0.2) is 0 Å². The molecule has 0 atom stereocenters. The second kappa shape index (κ2) is 9.82. The third kappa shape index (κ3) is 13.3. The molecular weight excluding hydrogens is 302 g/mol. The molecule has 0 unspecified atom stereocenters. The Morgan fingerprint density at radius 2 is 1.48 bits per heavy atom. The molecule has 124 valence electrons. The Labute approximate surface area is 141 Å². The smallest absolute Gasteiger partial charge is 0.0808 e. The highest BCUT2D eigenvalue weighted by Crippen LogP contribution is 2.19. The third-order valence-electron chi connectivity index (χ3n) is 2.58. The lowest BCUT2D eigenvalue weighted by molar-refractivity contribution is 0.0640. The fourth-order valence-electron chi connectivity index (χ4n) is 1.55. The van der Waals surface area contributed by atoms with Crippen LogP contribution in [-0.2, 0) is 9.47 Å². The van der Waals surface area contributed by atoms with E-state index < -0.39 is 0 Å². The molecule has 0 aliphatic carbocycles. The molecule has 0 fully saturated rings. The predicted molar refractivity (Wildman–Crippen MR) is 98.4 cm³/mol. The SMILES string of the molecule is CC(C)(C)CC(=S)COCCOCCNC(=S)C(C)(C)C. The van der Waals surface area contributed by atoms with Gasteiger partial charge in [0.25, 0.3) is 0 Å². The first-order valence-electron chi connectivity index (χ1n) is 7.48. The number of nitrogens with one attached hydrogen (secondary N) is 1. The van der Waals surface area contributed by atoms with Crippen LogP contribution in [0.1, 0.15) is 48.0 Å². The number of rotatable bonds is 9. The highest BCUT2D eigenvalue weighted by Gasteiger charge is 2.16. The number of thiocarbonyl (C=S) groups is 2. The van der Waals surface area contributed by atoms with Crippen LogP contribution in [0.2, 0.25) is 0 Å². The summed E-state index contributed by atoms with van der Waals surface area (Å²) >= 11 is 10.6. The molecule has 0 aliphatic rings. The van der Waals surface area contributed by atoms with Crippen LogP contribution in [0, 0.1) is 10.8 Å². The Bertz CT molecular complexity index is 330.